The Labute approximate surface area is 149 Å². The Morgan fingerprint density at radius 1 is 1.24 bits per heavy atom. The van der Waals surface area contributed by atoms with E-state index >= 15 is 0 Å². The summed E-state index contributed by atoms with van der Waals surface area (Å²) >= 11 is 5.98. The number of benzene rings is 2. The lowest BCUT2D eigenvalue weighted by atomic mass is 10.3. The van der Waals surface area contributed by atoms with Gasteiger partial charge in [-0.15, -0.1) is 0 Å². The van der Waals surface area contributed by atoms with E-state index in [-0.39, 0.29) is 17.1 Å². The fraction of sp³-hybridized carbons (Fsp3) is 0.188. The Bertz CT molecular complexity index is 903. The van der Waals surface area contributed by atoms with Gasteiger partial charge in [0.25, 0.3) is 0 Å². The highest BCUT2D eigenvalue weighted by atomic mass is 35.5. The smallest absolute Gasteiger partial charge is 0.243 e. The maximum absolute atomic E-state index is 13.3. The van der Waals surface area contributed by atoms with Crippen molar-refractivity contribution < 1.29 is 22.3 Å². The molecule has 0 aliphatic rings. The number of amides is 1. The van der Waals surface area contributed by atoms with Crippen LogP contribution in [0.2, 0.25) is 5.02 Å². The van der Waals surface area contributed by atoms with E-state index in [1.54, 1.807) is 12.1 Å². The number of anilines is 2. The normalized spacial score (nSPS) is 11.0. The summed E-state index contributed by atoms with van der Waals surface area (Å²) in [6.45, 7) is -0.211. The van der Waals surface area contributed by atoms with Gasteiger partial charge >= 0.3 is 0 Å². The molecule has 2 aromatic carbocycles. The maximum Gasteiger partial charge on any atom is 0.243 e. The van der Waals surface area contributed by atoms with Crippen molar-refractivity contribution in [3.05, 3.63) is 47.2 Å². The predicted molar refractivity (Wildman–Crippen MR) is 94.6 cm³/mol. The van der Waals surface area contributed by atoms with Crippen molar-refractivity contribution in [3.8, 4) is 5.75 Å². The number of hydrogen-bond acceptors (Lipinski definition) is 5. The molecule has 0 radical (unpaired) electrons. The molecule has 6 nitrogen and oxygen atoms in total. The van der Waals surface area contributed by atoms with Crippen LogP contribution in [0.15, 0.2) is 41.3 Å². The minimum atomic E-state index is -3.64. The van der Waals surface area contributed by atoms with Crippen LogP contribution in [0, 0.1) is 5.82 Å². The maximum atomic E-state index is 13.3. The van der Waals surface area contributed by atoms with Gasteiger partial charge in [0, 0.05) is 11.9 Å². The first-order valence-corrected chi connectivity index (χ1v) is 9.34. The van der Waals surface area contributed by atoms with Gasteiger partial charge in [0.1, 0.15) is 11.6 Å². The van der Waals surface area contributed by atoms with E-state index in [1.807, 2.05) is 0 Å². The highest BCUT2D eigenvalue weighted by Gasteiger charge is 2.15. The third-order valence-electron chi connectivity index (χ3n) is 3.22. The summed E-state index contributed by atoms with van der Waals surface area (Å²) in [6.07, 6.45) is 0.965. The molecule has 0 aliphatic carbocycles. The summed E-state index contributed by atoms with van der Waals surface area (Å²) in [6, 6.07) is 8.02. The second-order valence-electron chi connectivity index (χ2n) is 5.16. The number of methoxy groups -OCH3 is 1. The van der Waals surface area contributed by atoms with Crippen molar-refractivity contribution in [2.24, 2.45) is 0 Å². The lowest BCUT2D eigenvalue weighted by Gasteiger charge is -2.12. The summed E-state index contributed by atoms with van der Waals surface area (Å²) in [5.74, 6) is -0.629. The number of ether oxygens (including phenoxy) is 1. The van der Waals surface area contributed by atoms with E-state index in [0.29, 0.717) is 16.5 Å². The van der Waals surface area contributed by atoms with E-state index in [4.69, 9.17) is 16.3 Å². The van der Waals surface area contributed by atoms with Gasteiger partial charge in [0.2, 0.25) is 5.91 Å². The molecule has 0 saturated carbocycles. The van der Waals surface area contributed by atoms with Gasteiger partial charge in [-0.1, -0.05) is 11.6 Å². The number of hydrogen-bond donors (Lipinski definition) is 2. The van der Waals surface area contributed by atoms with Crippen molar-refractivity contribution in [1.82, 2.24) is 0 Å². The summed E-state index contributed by atoms with van der Waals surface area (Å²) in [7, 11) is -2.16. The zero-order valence-electron chi connectivity index (χ0n) is 13.5. The van der Waals surface area contributed by atoms with Gasteiger partial charge in [-0.3, -0.25) is 4.79 Å². The molecule has 0 bridgehead atoms. The van der Waals surface area contributed by atoms with Crippen LogP contribution >= 0.6 is 11.6 Å². The molecule has 0 atom stereocenters. The van der Waals surface area contributed by atoms with Crippen LogP contribution in [0.1, 0.15) is 0 Å². The minimum Gasteiger partial charge on any atom is -0.495 e. The quantitative estimate of drug-likeness (QED) is 0.797. The highest BCUT2D eigenvalue weighted by Crippen LogP contribution is 2.27. The molecule has 0 heterocycles. The van der Waals surface area contributed by atoms with Crippen molar-refractivity contribution >= 4 is 38.7 Å². The Morgan fingerprint density at radius 3 is 2.56 bits per heavy atom. The number of rotatable bonds is 6. The molecule has 2 aromatic rings. The molecular formula is C16H16ClFN2O4S. The molecule has 1 amide bonds. The first-order chi connectivity index (χ1) is 11.7. The standard InChI is InChI=1S/C16H16ClFN2O4S/c1-24-14-6-4-11(8-12(14)17)20-16(21)9-19-13-5-3-10(18)7-15(13)25(2,22)23/h3-8,19H,9H2,1-2H3,(H,20,21). The van der Waals surface area contributed by atoms with Crippen LogP contribution in [0.3, 0.4) is 0 Å². The lowest BCUT2D eigenvalue weighted by Crippen LogP contribution is -2.22. The van der Waals surface area contributed by atoms with E-state index < -0.39 is 21.6 Å². The molecule has 0 unspecified atom stereocenters. The molecule has 0 aliphatic heterocycles. The first kappa shape index (κ1) is 19.0. The van der Waals surface area contributed by atoms with Crippen molar-refractivity contribution in [2.45, 2.75) is 4.90 Å². The summed E-state index contributed by atoms with van der Waals surface area (Å²) in [5, 5.41) is 5.64. The third kappa shape index (κ3) is 5.07. The minimum absolute atomic E-state index is 0.145. The summed E-state index contributed by atoms with van der Waals surface area (Å²) in [5.41, 5.74) is 0.604. The fourth-order valence-electron chi connectivity index (χ4n) is 2.07. The predicted octanol–water partition coefficient (Wildman–Crippen LogP) is 2.94. The molecule has 2 N–H and O–H groups in total. The molecule has 0 saturated heterocycles. The van der Waals surface area contributed by atoms with Gasteiger partial charge in [-0.2, -0.15) is 0 Å². The van der Waals surface area contributed by atoms with Crippen LogP contribution in [0.4, 0.5) is 15.8 Å². The fourth-order valence-corrected chi connectivity index (χ4v) is 3.20. The SMILES string of the molecule is COc1ccc(NC(=O)CNc2ccc(F)cc2S(C)(=O)=O)cc1Cl. The number of halogens is 2. The Hall–Kier alpha value is -2.32. The van der Waals surface area contributed by atoms with E-state index in [1.165, 1.54) is 19.2 Å². The molecular weight excluding hydrogens is 371 g/mol. The van der Waals surface area contributed by atoms with Crippen LogP contribution in [0.5, 0.6) is 5.75 Å². The van der Waals surface area contributed by atoms with Crippen molar-refractivity contribution in [2.75, 3.05) is 30.5 Å². The van der Waals surface area contributed by atoms with Gasteiger partial charge in [0.15, 0.2) is 9.84 Å². The van der Waals surface area contributed by atoms with Gasteiger partial charge in [-0.05, 0) is 36.4 Å². The molecule has 9 heteroatoms. The third-order valence-corrected chi connectivity index (χ3v) is 4.65. The molecule has 0 spiro atoms. The molecule has 25 heavy (non-hydrogen) atoms. The second-order valence-corrected chi connectivity index (χ2v) is 7.56. The number of carbonyl (C=O) groups excluding carboxylic acids is 1. The number of carbonyl (C=O) groups is 1. The van der Waals surface area contributed by atoms with E-state index in [2.05, 4.69) is 10.6 Å². The molecule has 0 fully saturated rings. The zero-order chi connectivity index (χ0) is 18.6. The average molecular weight is 387 g/mol. The summed E-state index contributed by atoms with van der Waals surface area (Å²) in [4.78, 5) is 11.8. The largest absolute Gasteiger partial charge is 0.495 e. The van der Waals surface area contributed by atoms with Crippen LogP contribution in [0.25, 0.3) is 0 Å². The lowest BCUT2D eigenvalue weighted by molar-refractivity contribution is -0.114. The van der Waals surface area contributed by atoms with Crippen molar-refractivity contribution in [1.29, 1.82) is 0 Å². The first-order valence-electron chi connectivity index (χ1n) is 7.07. The van der Waals surface area contributed by atoms with E-state index in [9.17, 15) is 17.6 Å². The van der Waals surface area contributed by atoms with E-state index in [0.717, 1.165) is 18.4 Å². The van der Waals surface area contributed by atoms with Crippen LogP contribution in [-0.4, -0.2) is 34.2 Å². The Kier molecular flexibility index (Phi) is 5.86. The monoisotopic (exact) mass is 386 g/mol. The topological polar surface area (TPSA) is 84.5 Å². The van der Waals surface area contributed by atoms with Gasteiger partial charge < -0.3 is 15.4 Å². The number of nitrogens with one attached hydrogen (secondary N) is 2. The Morgan fingerprint density at radius 2 is 1.96 bits per heavy atom. The van der Waals surface area contributed by atoms with Crippen LogP contribution < -0.4 is 15.4 Å². The summed E-state index contributed by atoms with van der Waals surface area (Å²) < 4.78 is 41.7. The van der Waals surface area contributed by atoms with Crippen LogP contribution in [-0.2, 0) is 14.6 Å². The average Bonchev–Trinajstić information content (AvgIpc) is 2.53. The zero-order valence-corrected chi connectivity index (χ0v) is 15.0. The Balaban J connectivity index is 2.07. The van der Waals surface area contributed by atoms with Gasteiger partial charge in [-0.25, -0.2) is 12.8 Å². The molecule has 2 rings (SSSR count). The molecule has 0 aromatic heterocycles. The number of sulfone groups is 1. The highest BCUT2D eigenvalue weighted by molar-refractivity contribution is 7.90. The second kappa shape index (κ2) is 7.71. The molecule has 134 valence electrons. The van der Waals surface area contributed by atoms with Crippen molar-refractivity contribution in [3.63, 3.8) is 0 Å². The van der Waals surface area contributed by atoms with Gasteiger partial charge in [0.05, 0.1) is 29.3 Å².